The van der Waals surface area contributed by atoms with Crippen LogP contribution in [-0.4, -0.2) is 5.91 Å². The van der Waals surface area contributed by atoms with Gasteiger partial charge in [-0.2, -0.15) is 0 Å². The van der Waals surface area contributed by atoms with E-state index in [1.807, 2.05) is 6.92 Å². The van der Waals surface area contributed by atoms with E-state index in [1.54, 1.807) is 31.2 Å². The van der Waals surface area contributed by atoms with Crippen molar-refractivity contribution >= 4 is 17.3 Å². The second kappa shape index (κ2) is 5.10. The van der Waals surface area contributed by atoms with Crippen LogP contribution in [0.5, 0.6) is 0 Å². The lowest BCUT2D eigenvalue weighted by atomic mass is 10.1. The first-order valence-electron chi connectivity index (χ1n) is 5.90. The maximum absolute atomic E-state index is 13.0. The Labute approximate surface area is 111 Å². The van der Waals surface area contributed by atoms with Crippen LogP contribution in [0.15, 0.2) is 36.4 Å². The smallest absolute Gasteiger partial charge is 0.255 e. The Bertz CT molecular complexity index is 618. The van der Waals surface area contributed by atoms with Crippen molar-refractivity contribution in [2.75, 3.05) is 11.1 Å². The molecule has 4 heteroatoms. The van der Waals surface area contributed by atoms with Crippen LogP contribution in [0.2, 0.25) is 0 Å². The molecule has 0 heterocycles. The van der Waals surface area contributed by atoms with E-state index < -0.39 is 0 Å². The Morgan fingerprint density at radius 2 is 1.89 bits per heavy atom. The molecule has 0 radical (unpaired) electrons. The predicted octanol–water partition coefficient (Wildman–Crippen LogP) is 3.28. The van der Waals surface area contributed by atoms with E-state index >= 15 is 0 Å². The van der Waals surface area contributed by atoms with Gasteiger partial charge in [-0.05, 0) is 61.4 Å². The second-order valence-electron chi connectivity index (χ2n) is 4.55. The monoisotopic (exact) mass is 258 g/mol. The molecule has 1 amide bonds. The van der Waals surface area contributed by atoms with Gasteiger partial charge in [0.25, 0.3) is 5.91 Å². The van der Waals surface area contributed by atoms with Gasteiger partial charge in [0.15, 0.2) is 0 Å². The molecule has 0 unspecified atom stereocenters. The Hall–Kier alpha value is -2.36. The number of hydrogen-bond donors (Lipinski definition) is 2. The summed E-state index contributed by atoms with van der Waals surface area (Å²) in [7, 11) is 0. The van der Waals surface area contributed by atoms with E-state index in [0.29, 0.717) is 22.5 Å². The van der Waals surface area contributed by atoms with Gasteiger partial charge in [-0.15, -0.1) is 0 Å². The highest BCUT2D eigenvalue weighted by molar-refractivity contribution is 6.05. The standard InChI is InChI=1S/C15H15FN2O/c1-9-5-11(8-13(17)6-9)15(19)18-14-4-3-12(16)7-10(14)2/h3-8H,17H2,1-2H3,(H,18,19). The number of rotatable bonds is 2. The maximum Gasteiger partial charge on any atom is 0.255 e. The van der Waals surface area contributed by atoms with Crippen molar-refractivity contribution in [3.63, 3.8) is 0 Å². The number of nitrogen functional groups attached to an aromatic ring is 1. The normalized spacial score (nSPS) is 10.3. The number of nitrogens with two attached hydrogens (primary N) is 1. The molecule has 3 nitrogen and oxygen atoms in total. The van der Waals surface area contributed by atoms with Crippen LogP contribution in [0.4, 0.5) is 15.8 Å². The zero-order chi connectivity index (χ0) is 14.0. The van der Waals surface area contributed by atoms with Crippen LogP contribution in [0, 0.1) is 19.7 Å². The number of aryl methyl sites for hydroxylation is 2. The summed E-state index contributed by atoms with van der Waals surface area (Å²) < 4.78 is 13.0. The molecule has 0 aliphatic heterocycles. The van der Waals surface area contributed by atoms with Gasteiger partial charge in [0.05, 0.1) is 0 Å². The summed E-state index contributed by atoms with van der Waals surface area (Å²) >= 11 is 0. The minimum atomic E-state index is -0.324. The summed E-state index contributed by atoms with van der Waals surface area (Å²) in [6, 6.07) is 9.39. The van der Waals surface area contributed by atoms with Crippen molar-refractivity contribution in [1.82, 2.24) is 0 Å². The lowest BCUT2D eigenvalue weighted by Crippen LogP contribution is -2.13. The van der Waals surface area contributed by atoms with Gasteiger partial charge in [0.1, 0.15) is 5.82 Å². The van der Waals surface area contributed by atoms with E-state index in [9.17, 15) is 9.18 Å². The molecule has 2 aromatic rings. The van der Waals surface area contributed by atoms with Crippen LogP contribution < -0.4 is 11.1 Å². The molecular formula is C15H15FN2O. The minimum absolute atomic E-state index is 0.259. The second-order valence-corrected chi connectivity index (χ2v) is 4.55. The molecule has 0 saturated carbocycles. The average Bonchev–Trinajstić information content (AvgIpc) is 2.31. The number of amides is 1. The number of benzene rings is 2. The van der Waals surface area contributed by atoms with Crippen LogP contribution in [0.25, 0.3) is 0 Å². The Balaban J connectivity index is 2.25. The predicted molar refractivity (Wildman–Crippen MR) is 74.7 cm³/mol. The third kappa shape index (κ3) is 3.10. The zero-order valence-corrected chi connectivity index (χ0v) is 10.8. The van der Waals surface area contributed by atoms with E-state index in [4.69, 9.17) is 5.73 Å². The molecule has 3 N–H and O–H groups in total. The van der Waals surface area contributed by atoms with Crippen molar-refractivity contribution in [1.29, 1.82) is 0 Å². The van der Waals surface area contributed by atoms with Crippen LogP contribution in [-0.2, 0) is 0 Å². The first kappa shape index (κ1) is 13.1. The van der Waals surface area contributed by atoms with Crippen molar-refractivity contribution in [2.45, 2.75) is 13.8 Å². The first-order valence-corrected chi connectivity index (χ1v) is 5.90. The fraction of sp³-hybridized carbons (Fsp3) is 0.133. The first-order chi connectivity index (χ1) is 8.95. The molecule has 0 fully saturated rings. The van der Waals surface area contributed by atoms with Gasteiger partial charge in [-0.1, -0.05) is 0 Å². The molecule has 2 aromatic carbocycles. The Morgan fingerprint density at radius 3 is 2.53 bits per heavy atom. The van der Waals surface area contributed by atoms with E-state index in [-0.39, 0.29) is 11.7 Å². The van der Waals surface area contributed by atoms with Crippen molar-refractivity contribution < 1.29 is 9.18 Å². The molecule has 0 atom stereocenters. The summed E-state index contributed by atoms with van der Waals surface area (Å²) in [5, 5.41) is 2.75. The summed E-state index contributed by atoms with van der Waals surface area (Å²) in [4.78, 5) is 12.1. The van der Waals surface area contributed by atoms with Gasteiger partial charge in [-0.25, -0.2) is 4.39 Å². The summed E-state index contributed by atoms with van der Waals surface area (Å²) in [6.07, 6.45) is 0. The molecule has 0 aliphatic rings. The molecule has 98 valence electrons. The summed E-state index contributed by atoms with van der Waals surface area (Å²) in [5.74, 6) is -0.583. The maximum atomic E-state index is 13.0. The van der Waals surface area contributed by atoms with Gasteiger partial charge >= 0.3 is 0 Å². The lowest BCUT2D eigenvalue weighted by Gasteiger charge is -2.09. The number of halogens is 1. The number of nitrogens with one attached hydrogen (secondary N) is 1. The largest absolute Gasteiger partial charge is 0.399 e. The van der Waals surface area contributed by atoms with Gasteiger partial charge in [0, 0.05) is 16.9 Å². The summed E-state index contributed by atoms with van der Waals surface area (Å²) in [6.45, 7) is 3.61. The zero-order valence-electron chi connectivity index (χ0n) is 10.8. The Kier molecular flexibility index (Phi) is 3.51. The highest BCUT2D eigenvalue weighted by Crippen LogP contribution is 2.18. The molecule has 0 aromatic heterocycles. The fourth-order valence-corrected chi connectivity index (χ4v) is 1.91. The highest BCUT2D eigenvalue weighted by atomic mass is 19.1. The van der Waals surface area contributed by atoms with Crippen molar-refractivity contribution in [2.24, 2.45) is 0 Å². The van der Waals surface area contributed by atoms with Crippen LogP contribution in [0.3, 0.4) is 0 Å². The van der Waals surface area contributed by atoms with Crippen LogP contribution in [0.1, 0.15) is 21.5 Å². The van der Waals surface area contributed by atoms with E-state index in [0.717, 1.165) is 5.56 Å². The van der Waals surface area contributed by atoms with E-state index in [1.165, 1.54) is 12.1 Å². The van der Waals surface area contributed by atoms with Crippen molar-refractivity contribution in [3.8, 4) is 0 Å². The molecular weight excluding hydrogens is 243 g/mol. The molecule has 19 heavy (non-hydrogen) atoms. The molecule has 0 saturated heterocycles. The Morgan fingerprint density at radius 1 is 1.16 bits per heavy atom. The topological polar surface area (TPSA) is 55.1 Å². The van der Waals surface area contributed by atoms with Crippen molar-refractivity contribution in [3.05, 3.63) is 58.9 Å². The van der Waals surface area contributed by atoms with Gasteiger partial charge in [0.2, 0.25) is 0 Å². The minimum Gasteiger partial charge on any atom is -0.399 e. The molecule has 0 bridgehead atoms. The number of anilines is 2. The third-order valence-corrected chi connectivity index (χ3v) is 2.80. The number of carbonyl (C=O) groups excluding carboxylic acids is 1. The third-order valence-electron chi connectivity index (χ3n) is 2.80. The quantitative estimate of drug-likeness (QED) is 0.812. The van der Waals surface area contributed by atoms with E-state index in [2.05, 4.69) is 5.32 Å². The average molecular weight is 258 g/mol. The SMILES string of the molecule is Cc1cc(N)cc(C(=O)Nc2ccc(F)cc2C)c1. The summed E-state index contributed by atoms with van der Waals surface area (Å²) in [5.41, 5.74) is 8.92. The fourth-order valence-electron chi connectivity index (χ4n) is 1.91. The highest BCUT2D eigenvalue weighted by Gasteiger charge is 2.09. The van der Waals surface area contributed by atoms with Gasteiger partial charge in [-0.3, -0.25) is 4.79 Å². The number of carbonyl (C=O) groups is 1. The molecule has 2 rings (SSSR count). The molecule has 0 aliphatic carbocycles. The van der Waals surface area contributed by atoms with Gasteiger partial charge < -0.3 is 11.1 Å². The van der Waals surface area contributed by atoms with Crippen LogP contribution >= 0.6 is 0 Å². The number of hydrogen-bond acceptors (Lipinski definition) is 2. The molecule has 0 spiro atoms. The lowest BCUT2D eigenvalue weighted by molar-refractivity contribution is 0.102.